The zero-order valence-electron chi connectivity index (χ0n) is 16.1. The molecule has 0 aliphatic carbocycles. The first-order chi connectivity index (χ1) is 14.2. The average Bonchev–Trinajstić information content (AvgIpc) is 3.06. The van der Waals surface area contributed by atoms with Gasteiger partial charge in [0.05, 0.1) is 27.7 Å². The van der Waals surface area contributed by atoms with E-state index in [9.17, 15) is 19.7 Å². The SMILES string of the molecule is CC(C)COC(=O)c1ccc(/C=C2\N=C(c3cc([N+](=O)[O-])ccc3Cl)OC2=O)cc1. The highest BCUT2D eigenvalue weighted by atomic mass is 35.5. The van der Waals surface area contributed by atoms with Crippen molar-refractivity contribution in [3.05, 3.63) is 80.0 Å². The van der Waals surface area contributed by atoms with Crippen LogP contribution in [-0.4, -0.2) is 29.4 Å². The summed E-state index contributed by atoms with van der Waals surface area (Å²) < 4.78 is 10.3. The summed E-state index contributed by atoms with van der Waals surface area (Å²) in [4.78, 5) is 38.6. The number of carbonyl (C=O) groups excluding carboxylic acids is 2. The fourth-order valence-corrected chi connectivity index (χ4v) is 2.71. The van der Waals surface area contributed by atoms with E-state index >= 15 is 0 Å². The minimum Gasteiger partial charge on any atom is -0.462 e. The molecule has 0 saturated heterocycles. The van der Waals surface area contributed by atoms with Crippen molar-refractivity contribution in [1.29, 1.82) is 0 Å². The van der Waals surface area contributed by atoms with Crippen LogP contribution in [0.4, 0.5) is 5.69 Å². The normalized spacial score (nSPS) is 14.6. The van der Waals surface area contributed by atoms with Gasteiger partial charge < -0.3 is 9.47 Å². The van der Waals surface area contributed by atoms with Gasteiger partial charge in [0.1, 0.15) is 0 Å². The van der Waals surface area contributed by atoms with Gasteiger partial charge in [0.2, 0.25) is 5.90 Å². The Labute approximate surface area is 176 Å². The molecule has 2 aromatic carbocycles. The molecular weight excluding hydrogens is 412 g/mol. The summed E-state index contributed by atoms with van der Waals surface area (Å²) in [5.41, 5.74) is 0.941. The molecule has 3 rings (SSSR count). The van der Waals surface area contributed by atoms with Gasteiger partial charge in [0.15, 0.2) is 5.70 Å². The number of ether oxygens (including phenoxy) is 2. The fourth-order valence-electron chi connectivity index (χ4n) is 2.51. The van der Waals surface area contributed by atoms with Crippen LogP contribution in [0.25, 0.3) is 6.08 Å². The first kappa shape index (κ1) is 21.2. The molecule has 0 aromatic heterocycles. The number of nitro groups is 1. The third-order valence-electron chi connectivity index (χ3n) is 4.01. The zero-order chi connectivity index (χ0) is 21.8. The predicted octanol–water partition coefficient (Wildman–Crippen LogP) is 4.41. The van der Waals surface area contributed by atoms with E-state index in [1.807, 2.05) is 13.8 Å². The van der Waals surface area contributed by atoms with Gasteiger partial charge in [0.25, 0.3) is 5.69 Å². The molecule has 0 atom stereocenters. The molecule has 0 bridgehead atoms. The number of halogens is 1. The van der Waals surface area contributed by atoms with Crippen LogP contribution in [0.2, 0.25) is 5.02 Å². The number of cyclic esters (lactones) is 1. The number of nitrogens with zero attached hydrogens (tertiary/aromatic N) is 2. The average molecular weight is 429 g/mol. The Morgan fingerprint density at radius 1 is 1.27 bits per heavy atom. The van der Waals surface area contributed by atoms with E-state index in [1.54, 1.807) is 24.3 Å². The van der Waals surface area contributed by atoms with E-state index in [-0.39, 0.29) is 33.8 Å². The summed E-state index contributed by atoms with van der Waals surface area (Å²) in [6.45, 7) is 4.21. The van der Waals surface area contributed by atoms with Gasteiger partial charge in [-0.1, -0.05) is 37.6 Å². The molecule has 0 unspecified atom stereocenters. The van der Waals surface area contributed by atoms with Crippen LogP contribution >= 0.6 is 11.6 Å². The first-order valence-corrected chi connectivity index (χ1v) is 9.36. The summed E-state index contributed by atoms with van der Waals surface area (Å²) in [5.74, 6) is -1.02. The lowest BCUT2D eigenvalue weighted by Crippen LogP contribution is -2.10. The third kappa shape index (κ3) is 4.90. The number of hydrogen-bond donors (Lipinski definition) is 0. The van der Waals surface area contributed by atoms with Crippen molar-refractivity contribution in [3.63, 3.8) is 0 Å². The van der Waals surface area contributed by atoms with Gasteiger partial charge in [-0.15, -0.1) is 0 Å². The smallest absolute Gasteiger partial charge is 0.363 e. The van der Waals surface area contributed by atoms with Crippen molar-refractivity contribution in [2.45, 2.75) is 13.8 Å². The second kappa shape index (κ2) is 8.87. The molecule has 0 spiro atoms. The van der Waals surface area contributed by atoms with Gasteiger partial charge in [-0.2, -0.15) is 0 Å². The second-order valence-corrected chi connectivity index (χ2v) is 7.28. The van der Waals surface area contributed by atoms with E-state index in [4.69, 9.17) is 21.1 Å². The molecule has 1 aliphatic heterocycles. The van der Waals surface area contributed by atoms with Crippen molar-refractivity contribution in [3.8, 4) is 0 Å². The van der Waals surface area contributed by atoms with E-state index in [2.05, 4.69) is 4.99 Å². The maximum Gasteiger partial charge on any atom is 0.363 e. The summed E-state index contributed by atoms with van der Waals surface area (Å²) >= 11 is 6.07. The van der Waals surface area contributed by atoms with E-state index in [0.29, 0.717) is 17.7 Å². The summed E-state index contributed by atoms with van der Waals surface area (Å²) in [6, 6.07) is 10.2. The number of aliphatic imine (C=N–C) groups is 1. The van der Waals surface area contributed by atoms with Crippen molar-refractivity contribution in [1.82, 2.24) is 0 Å². The molecule has 0 N–H and O–H groups in total. The molecule has 0 saturated carbocycles. The maximum atomic E-state index is 12.2. The summed E-state index contributed by atoms with van der Waals surface area (Å²) in [7, 11) is 0. The van der Waals surface area contributed by atoms with Gasteiger partial charge in [-0.3, -0.25) is 10.1 Å². The number of non-ortho nitro benzene ring substituents is 1. The van der Waals surface area contributed by atoms with Crippen molar-refractivity contribution in [2.24, 2.45) is 10.9 Å². The Morgan fingerprint density at radius 2 is 1.97 bits per heavy atom. The number of benzene rings is 2. The maximum absolute atomic E-state index is 12.2. The van der Waals surface area contributed by atoms with Crippen LogP contribution in [-0.2, 0) is 14.3 Å². The standard InChI is InChI=1S/C21H17ClN2O6/c1-12(2)11-29-20(25)14-5-3-13(4-6-14)9-18-21(26)30-19(23-18)16-10-15(24(27)28)7-8-17(16)22/h3-10,12H,11H2,1-2H3/b18-9-. The van der Waals surface area contributed by atoms with Crippen molar-refractivity contribution >= 4 is 41.2 Å². The Hall–Kier alpha value is -3.52. The van der Waals surface area contributed by atoms with Gasteiger partial charge in [-0.25, -0.2) is 14.6 Å². The number of nitro benzene ring substituents is 1. The van der Waals surface area contributed by atoms with E-state index in [1.165, 1.54) is 24.3 Å². The summed E-state index contributed by atoms with van der Waals surface area (Å²) in [5, 5.41) is 11.1. The number of hydrogen-bond acceptors (Lipinski definition) is 7. The van der Waals surface area contributed by atoms with E-state index < -0.39 is 16.9 Å². The lowest BCUT2D eigenvalue weighted by atomic mass is 10.1. The molecule has 30 heavy (non-hydrogen) atoms. The van der Waals surface area contributed by atoms with Crippen LogP contribution in [0.15, 0.2) is 53.2 Å². The topological polar surface area (TPSA) is 108 Å². The van der Waals surface area contributed by atoms with Crippen LogP contribution in [0.3, 0.4) is 0 Å². The monoisotopic (exact) mass is 428 g/mol. The number of esters is 2. The lowest BCUT2D eigenvalue weighted by molar-refractivity contribution is -0.384. The Bertz CT molecular complexity index is 1070. The van der Waals surface area contributed by atoms with Crippen LogP contribution < -0.4 is 0 Å². The van der Waals surface area contributed by atoms with Gasteiger partial charge in [-0.05, 0) is 35.8 Å². The fraction of sp³-hybridized carbons (Fsp3) is 0.190. The highest BCUT2D eigenvalue weighted by Crippen LogP contribution is 2.27. The van der Waals surface area contributed by atoms with Crippen LogP contribution in [0.5, 0.6) is 0 Å². The molecule has 8 nitrogen and oxygen atoms in total. The molecule has 0 radical (unpaired) electrons. The second-order valence-electron chi connectivity index (χ2n) is 6.87. The summed E-state index contributed by atoms with van der Waals surface area (Å²) in [6.07, 6.45) is 1.48. The van der Waals surface area contributed by atoms with Crippen LogP contribution in [0, 0.1) is 16.0 Å². The highest BCUT2D eigenvalue weighted by molar-refractivity contribution is 6.34. The zero-order valence-corrected chi connectivity index (χ0v) is 16.9. The van der Waals surface area contributed by atoms with Crippen molar-refractivity contribution < 1.29 is 24.0 Å². The molecule has 154 valence electrons. The minimum atomic E-state index is -0.715. The minimum absolute atomic E-state index is 0.00251. The Morgan fingerprint density at radius 3 is 2.60 bits per heavy atom. The Kier molecular flexibility index (Phi) is 6.27. The Balaban J connectivity index is 1.82. The molecule has 0 fully saturated rings. The predicted molar refractivity (Wildman–Crippen MR) is 110 cm³/mol. The largest absolute Gasteiger partial charge is 0.462 e. The molecule has 9 heteroatoms. The molecular formula is C21H17ClN2O6. The third-order valence-corrected chi connectivity index (χ3v) is 4.34. The number of carbonyl (C=O) groups is 2. The van der Waals surface area contributed by atoms with Crippen LogP contribution in [0.1, 0.15) is 35.3 Å². The quantitative estimate of drug-likeness (QED) is 0.292. The number of rotatable bonds is 6. The molecule has 1 heterocycles. The molecule has 0 amide bonds. The van der Waals surface area contributed by atoms with Gasteiger partial charge >= 0.3 is 11.9 Å². The molecule has 1 aliphatic rings. The lowest BCUT2D eigenvalue weighted by Gasteiger charge is -2.07. The van der Waals surface area contributed by atoms with Gasteiger partial charge in [0, 0.05) is 12.1 Å². The molecule has 2 aromatic rings. The van der Waals surface area contributed by atoms with Crippen molar-refractivity contribution in [2.75, 3.05) is 6.61 Å². The first-order valence-electron chi connectivity index (χ1n) is 8.98. The van der Waals surface area contributed by atoms with E-state index in [0.717, 1.165) is 0 Å². The highest BCUT2D eigenvalue weighted by Gasteiger charge is 2.27.